The Labute approximate surface area is 115 Å². The Kier molecular flexibility index (Phi) is 3.43. The summed E-state index contributed by atoms with van der Waals surface area (Å²) in [6.45, 7) is 0. The second-order valence-electron chi connectivity index (χ2n) is 4.34. The summed E-state index contributed by atoms with van der Waals surface area (Å²) in [5, 5.41) is 4.69. The normalized spacial score (nSPS) is 19.0. The van der Waals surface area contributed by atoms with Crippen molar-refractivity contribution >= 4 is 34.1 Å². The monoisotopic (exact) mass is 277 g/mol. The van der Waals surface area contributed by atoms with E-state index in [9.17, 15) is 0 Å². The molecule has 0 bridgehead atoms. The van der Waals surface area contributed by atoms with Crippen LogP contribution in [0.4, 0.5) is 10.8 Å². The van der Waals surface area contributed by atoms with Crippen molar-refractivity contribution in [3.05, 3.63) is 30.3 Å². The van der Waals surface area contributed by atoms with E-state index >= 15 is 0 Å². The topological polar surface area (TPSA) is 50.9 Å². The molecule has 0 amide bonds. The van der Waals surface area contributed by atoms with Crippen LogP contribution in [-0.4, -0.2) is 21.9 Å². The number of aromatic nitrogens is 1. The van der Waals surface area contributed by atoms with Crippen LogP contribution in [0.2, 0.25) is 0 Å². The Hall–Kier alpha value is -1.20. The molecule has 3 nitrogen and oxygen atoms in total. The number of benzene rings is 1. The Bertz CT molecular complexity index is 518. The molecule has 3 N–H and O–H groups in total. The highest BCUT2D eigenvalue weighted by Crippen LogP contribution is 2.37. The lowest BCUT2D eigenvalue weighted by molar-refractivity contribution is 0.816. The fourth-order valence-electron chi connectivity index (χ4n) is 2.12. The van der Waals surface area contributed by atoms with E-state index in [1.165, 1.54) is 29.5 Å². The molecule has 1 aliphatic heterocycles. The third-order valence-electron chi connectivity index (χ3n) is 3.05. The van der Waals surface area contributed by atoms with Gasteiger partial charge in [0.25, 0.3) is 0 Å². The van der Waals surface area contributed by atoms with Crippen molar-refractivity contribution in [1.82, 2.24) is 4.37 Å². The summed E-state index contributed by atoms with van der Waals surface area (Å²) in [5.41, 5.74) is 8.19. The standard InChI is InChI=1S/C13H15N3S2/c14-12-11(9-4-2-1-3-5-9)13(18-16-12)15-10-6-7-17-8-10/h1-5,10,15H,6-8H2,(H2,14,16). The number of hydrogen-bond donors (Lipinski definition) is 2. The molecule has 94 valence electrons. The van der Waals surface area contributed by atoms with Gasteiger partial charge >= 0.3 is 0 Å². The first kappa shape index (κ1) is 11.9. The number of hydrogen-bond acceptors (Lipinski definition) is 5. The molecule has 1 unspecified atom stereocenters. The number of nitrogen functional groups attached to an aromatic ring is 1. The second-order valence-corrected chi connectivity index (χ2v) is 6.27. The SMILES string of the molecule is Nc1nsc(NC2CCSC2)c1-c1ccccc1. The number of rotatable bonds is 3. The van der Waals surface area contributed by atoms with Gasteiger partial charge in [-0.05, 0) is 29.3 Å². The number of thioether (sulfide) groups is 1. The van der Waals surface area contributed by atoms with Crippen LogP contribution in [0.5, 0.6) is 0 Å². The smallest absolute Gasteiger partial charge is 0.147 e. The van der Waals surface area contributed by atoms with Crippen molar-refractivity contribution in [2.45, 2.75) is 12.5 Å². The van der Waals surface area contributed by atoms with Crippen molar-refractivity contribution in [3.63, 3.8) is 0 Å². The Morgan fingerprint density at radius 3 is 2.83 bits per heavy atom. The molecule has 0 radical (unpaired) electrons. The summed E-state index contributed by atoms with van der Waals surface area (Å²) in [5.74, 6) is 3.04. The van der Waals surface area contributed by atoms with E-state index in [4.69, 9.17) is 5.73 Å². The second kappa shape index (κ2) is 5.20. The van der Waals surface area contributed by atoms with Crippen molar-refractivity contribution in [2.24, 2.45) is 0 Å². The van der Waals surface area contributed by atoms with E-state index in [2.05, 4.69) is 21.8 Å². The zero-order chi connectivity index (χ0) is 12.4. The molecular weight excluding hydrogens is 262 g/mol. The quantitative estimate of drug-likeness (QED) is 0.903. The summed E-state index contributed by atoms with van der Waals surface area (Å²) in [6, 6.07) is 10.8. The molecule has 1 atom stereocenters. The van der Waals surface area contributed by atoms with Gasteiger partial charge in [-0.1, -0.05) is 30.3 Å². The predicted molar refractivity (Wildman–Crippen MR) is 81.3 cm³/mol. The average Bonchev–Trinajstić information content (AvgIpc) is 3.02. The summed E-state index contributed by atoms with van der Waals surface area (Å²) < 4.78 is 4.29. The first-order valence-corrected chi connectivity index (χ1v) is 7.92. The van der Waals surface area contributed by atoms with Gasteiger partial charge in [0, 0.05) is 11.8 Å². The van der Waals surface area contributed by atoms with Crippen LogP contribution in [0, 0.1) is 0 Å². The van der Waals surface area contributed by atoms with E-state index in [0.717, 1.165) is 16.1 Å². The molecule has 5 heteroatoms. The number of nitrogens with two attached hydrogens (primary N) is 1. The number of nitrogens with one attached hydrogen (secondary N) is 1. The minimum Gasteiger partial charge on any atom is -0.382 e. The van der Waals surface area contributed by atoms with Crippen LogP contribution >= 0.6 is 23.3 Å². The molecule has 0 aliphatic carbocycles. The maximum absolute atomic E-state index is 6.00. The zero-order valence-corrected chi connectivity index (χ0v) is 11.6. The minimum atomic E-state index is 0.553. The molecule has 2 heterocycles. The average molecular weight is 277 g/mol. The van der Waals surface area contributed by atoms with E-state index < -0.39 is 0 Å². The van der Waals surface area contributed by atoms with E-state index in [1.54, 1.807) is 0 Å². The van der Waals surface area contributed by atoms with Crippen LogP contribution < -0.4 is 11.1 Å². The van der Waals surface area contributed by atoms with Gasteiger partial charge < -0.3 is 11.1 Å². The molecule has 1 fully saturated rings. The molecule has 2 aromatic rings. The predicted octanol–water partition coefficient (Wildman–Crippen LogP) is 3.31. The summed E-state index contributed by atoms with van der Waals surface area (Å²) in [4.78, 5) is 0. The Balaban J connectivity index is 1.91. The Morgan fingerprint density at radius 2 is 2.11 bits per heavy atom. The molecule has 1 aromatic carbocycles. The fraction of sp³-hybridized carbons (Fsp3) is 0.308. The van der Waals surface area contributed by atoms with Gasteiger partial charge in [0.05, 0.1) is 5.56 Å². The lowest BCUT2D eigenvalue weighted by Crippen LogP contribution is -2.17. The highest BCUT2D eigenvalue weighted by Gasteiger charge is 2.19. The van der Waals surface area contributed by atoms with Gasteiger partial charge in [0.15, 0.2) is 0 Å². The van der Waals surface area contributed by atoms with Crippen LogP contribution in [-0.2, 0) is 0 Å². The lowest BCUT2D eigenvalue weighted by atomic mass is 10.1. The van der Waals surface area contributed by atoms with E-state index in [0.29, 0.717) is 11.9 Å². The van der Waals surface area contributed by atoms with Gasteiger partial charge in [-0.2, -0.15) is 16.1 Å². The molecule has 1 aliphatic rings. The van der Waals surface area contributed by atoms with Crippen LogP contribution in [0.15, 0.2) is 30.3 Å². The summed E-state index contributed by atoms with van der Waals surface area (Å²) in [6.07, 6.45) is 1.22. The Morgan fingerprint density at radius 1 is 1.28 bits per heavy atom. The number of nitrogens with zero attached hydrogens (tertiary/aromatic N) is 1. The maximum atomic E-state index is 6.00. The van der Waals surface area contributed by atoms with E-state index in [1.807, 2.05) is 30.0 Å². The van der Waals surface area contributed by atoms with Crippen molar-refractivity contribution in [3.8, 4) is 11.1 Å². The van der Waals surface area contributed by atoms with Gasteiger partial charge in [-0.25, -0.2) is 0 Å². The van der Waals surface area contributed by atoms with Gasteiger partial charge in [-0.15, -0.1) is 0 Å². The third-order valence-corrected chi connectivity index (χ3v) is 5.00. The van der Waals surface area contributed by atoms with Crippen molar-refractivity contribution in [2.75, 3.05) is 22.6 Å². The summed E-state index contributed by atoms with van der Waals surface area (Å²) >= 11 is 3.46. The minimum absolute atomic E-state index is 0.553. The molecule has 1 saturated heterocycles. The largest absolute Gasteiger partial charge is 0.382 e. The molecular formula is C13H15N3S2. The van der Waals surface area contributed by atoms with Crippen LogP contribution in [0.3, 0.4) is 0 Å². The summed E-state index contributed by atoms with van der Waals surface area (Å²) in [7, 11) is 0. The van der Waals surface area contributed by atoms with Gasteiger partial charge in [0.1, 0.15) is 10.8 Å². The third kappa shape index (κ3) is 2.33. The zero-order valence-electron chi connectivity index (χ0n) is 9.93. The molecule has 3 rings (SSSR count). The van der Waals surface area contributed by atoms with E-state index in [-0.39, 0.29) is 0 Å². The van der Waals surface area contributed by atoms with Crippen LogP contribution in [0.25, 0.3) is 11.1 Å². The first-order valence-electron chi connectivity index (χ1n) is 5.99. The lowest BCUT2D eigenvalue weighted by Gasteiger charge is -2.12. The number of anilines is 2. The molecule has 1 aromatic heterocycles. The van der Waals surface area contributed by atoms with Crippen LogP contribution in [0.1, 0.15) is 6.42 Å². The molecule has 18 heavy (non-hydrogen) atoms. The van der Waals surface area contributed by atoms with Crippen molar-refractivity contribution < 1.29 is 0 Å². The molecule has 0 spiro atoms. The molecule has 0 saturated carbocycles. The van der Waals surface area contributed by atoms with Crippen molar-refractivity contribution in [1.29, 1.82) is 0 Å². The fourth-order valence-corrected chi connectivity index (χ4v) is 4.08. The van der Waals surface area contributed by atoms with Gasteiger partial charge in [-0.3, -0.25) is 0 Å². The maximum Gasteiger partial charge on any atom is 0.147 e. The highest BCUT2D eigenvalue weighted by atomic mass is 32.2. The first-order chi connectivity index (χ1) is 8.84. The highest BCUT2D eigenvalue weighted by molar-refractivity contribution is 7.99. The van der Waals surface area contributed by atoms with Gasteiger partial charge in [0.2, 0.25) is 0 Å².